The van der Waals surface area contributed by atoms with E-state index in [0.29, 0.717) is 22.4 Å². The van der Waals surface area contributed by atoms with Crippen LogP contribution in [0.15, 0.2) is 71.3 Å². The fraction of sp³-hybridized carbons (Fsp3) is 0.154. The molecule has 0 spiro atoms. The van der Waals surface area contributed by atoms with Crippen molar-refractivity contribution in [2.45, 2.75) is 19.9 Å². The SMILES string of the molecule is CC(C)[C@H](NC(=O)c1c(F)cccc1F)C(=O)NNC(=O)c1cc(-c2ccco2)nc2ccccc12. The highest BCUT2D eigenvalue weighted by atomic mass is 19.1. The lowest BCUT2D eigenvalue weighted by molar-refractivity contribution is -0.124. The lowest BCUT2D eigenvalue weighted by Crippen LogP contribution is -2.54. The summed E-state index contributed by atoms with van der Waals surface area (Å²) in [7, 11) is 0. The van der Waals surface area contributed by atoms with Gasteiger partial charge in [0, 0.05) is 5.39 Å². The van der Waals surface area contributed by atoms with Gasteiger partial charge in [0.15, 0.2) is 5.76 Å². The summed E-state index contributed by atoms with van der Waals surface area (Å²) in [5, 5.41) is 2.88. The van der Waals surface area contributed by atoms with Crippen molar-refractivity contribution in [2.75, 3.05) is 0 Å². The molecule has 36 heavy (non-hydrogen) atoms. The number of nitrogens with one attached hydrogen (secondary N) is 3. The minimum atomic E-state index is -1.19. The number of furan rings is 1. The molecule has 10 heteroatoms. The number of aromatic nitrogens is 1. The maximum atomic E-state index is 14.0. The van der Waals surface area contributed by atoms with Crippen LogP contribution in [0, 0.1) is 17.6 Å². The first-order valence-electron chi connectivity index (χ1n) is 11.0. The van der Waals surface area contributed by atoms with Crippen molar-refractivity contribution in [3.8, 4) is 11.5 Å². The highest BCUT2D eigenvalue weighted by Gasteiger charge is 2.28. The Bertz CT molecular complexity index is 1420. The molecule has 0 aliphatic heterocycles. The van der Waals surface area contributed by atoms with Gasteiger partial charge in [0.1, 0.15) is 28.9 Å². The quantitative estimate of drug-likeness (QED) is 0.352. The van der Waals surface area contributed by atoms with Gasteiger partial charge < -0.3 is 9.73 Å². The van der Waals surface area contributed by atoms with Gasteiger partial charge in [0.05, 0.1) is 17.3 Å². The fourth-order valence-electron chi connectivity index (χ4n) is 3.64. The molecular formula is C26H22F2N4O4. The van der Waals surface area contributed by atoms with Crippen LogP contribution in [-0.2, 0) is 4.79 Å². The molecule has 2 aromatic heterocycles. The number of rotatable bonds is 6. The Balaban J connectivity index is 1.52. The van der Waals surface area contributed by atoms with Gasteiger partial charge in [-0.3, -0.25) is 25.2 Å². The number of carbonyl (C=O) groups is 3. The molecule has 8 nitrogen and oxygen atoms in total. The van der Waals surface area contributed by atoms with Crippen molar-refractivity contribution < 1.29 is 27.6 Å². The first-order valence-corrected chi connectivity index (χ1v) is 11.0. The average Bonchev–Trinajstić information content (AvgIpc) is 3.40. The molecule has 3 N–H and O–H groups in total. The summed E-state index contributed by atoms with van der Waals surface area (Å²) in [6.07, 6.45) is 1.49. The number of para-hydroxylation sites is 1. The topological polar surface area (TPSA) is 113 Å². The van der Waals surface area contributed by atoms with E-state index in [4.69, 9.17) is 4.42 Å². The van der Waals surface area contributed by atoms with Crippen LogP contribution >= 0.6 is 0 Å². The number of halogens is 2. The Labute approximate surface area is 204 Å². The Morgan fingerprint density at radius 2 is 1.61 bits per heavy atom. The van der Waals surface area contributed by atoms with E-state index in [1.807, 2.05) is 0 Å². The van der Waals surface area contributed by atoms with Gasteiger partial charge in [-0.15, -0.1) is 0 Å². The van der Waals surface area contributed by atoms with Crippen LogP contribution in [0.5, 0.6) is 0 Å². The first-order chi connectivity index (χ1) is 17.3. The zero-order valence-corrected chi connectivity index (χ0v) is 19.3. The van der Waals surface area contributed by atoms with Gasteiger partial charge in [-0.25, -0.2) is 13.8 Å². The van der Waals surface area contributed by atoms with E-state index in [1.165, 1.54) is 12.3 Å². The van der Waals surface area contributed by atoms with Gasteiger partial charge in [-0.05, 0) is 42.3 Å². The molecule has 0 bridgehead atoms. The standard InChI is InChI=1S/C26H22F2N4O4/c1-14(2)23(30-25(34)22-17(27)8-5-9-18(22)28)26(35)32-31-24(33)16-13-20(21-11-6-12-36-21)29-19-10-4-3-7-15(16)19/h3-14,23H,1-2H3,(H,30,34)(H,31,33)(H,32,35)/t23-/m0/s1. The third kappa shape index (κ3) is 5.07. The molecule has 0 aliphatic carbocycles. The Morgan fingerprint density at radius 3 is 2.28 bits per heavy atom. The first kappa shape index (κ1) is 24.5. The van der Waals surface area contributed by atoms with Crippen molar-refractivity contribution in [1.29, 1.82) is 0 Å². The molecule has 0 radical (unpaired) electrons. The van der Waals surface area contributed by atoms with Crippen LogP contribution in [0.25, 0.3) is 22.4 Å². The van der Waals surface area contributed by atoms with E-state index in [0.717, 1.165) is 18.2 Å². The van der Waals surface area contributed by atoms with E-state index in [2.05, 4.69) is 21.2 Å². The summed E-state index contributed by atoms with van der Waals surface area (Å²) >= 11 is 0. The summed E-state index contributed by atoms with van der Waals surface area (Å²) in [4.78, 5) is 42.9. The molecule has 2 heterocycles. The second-order valence-corrected chi connectivity index (χ2v) is 8.28. The van der Waals surface area contributed by atoms with Gasteiger partial charge >= 0.3 is 0 Å². The number of hydrazine groups is 1. The van der Waals surface area contributed by atoms with E-state index in [-0.39, 0.29) is 5.56 Å². The minimum Gasteiger partial charge on any atom is -0.463 e. The van der Waals surface area contributed by atoms with Crippen LogP contribution in [0.1, 0.15) is 34.6 Å². The van der Waals surface area contributed by atoms with Crippen molar-refractivity contribution >= 4 is 28.6 Å². The lowest BCUT2D eigenvalue weighted by Gasteiger charge is -2.22. The van der Waals surface area contributed by atoms with Crippen molar-refractivity contribution in [1.82, 2.24) is 21.2 Å². The zero-order valence-electron chi connectivity index (χ0n) is 19.3. The molecule has 0 aliphatic rings. The van der Waals surface area contributed by atoms with E-state index in [9.17, 15) is 23.2 Å². The van der Waals surface area contributed by atoms with Gasteiger partial charge in [0.25, 0.3) is 17.7 Å². The Morgan fingerprint density at radius 1 is 0.889 bits per heavy atom. The monoisotopic (exact) mass is 492 g/mol. The summed E-state index contributed by atoms with van der Waals surface area (Å²) in [5.74, 6) is -4.61. The van der Waals surface area contributed by atoms with Gasteiger partial charge in [0.2, 0.25) is 0 Å². The van der Waals surface area contributed by atoms with Gasteiger partial charge in [-0.1, -0.05) is 38.1 Å². The maximum Gasteiger partial charge on any atom is 0.270 e. The smallest absolute Gasteiger partial charge is 0.270 e. The molecule has 0 fully saturated rings. The van der Waals surface area contributed by atoms with Crippen LogP contribution in [0.3, 0.4) is 0 Å². The predicted octanol–water partition coefficient (Wildman–Crippen LogP) is 3.99. The van der Waals surface area contributed by atoms with Crippen molar-refractivity contribution in [3.05, 3.63) is 89.7 Å². The third-order valence-corrected chi connectivity index (χ3v) is 5.46. The molecular weight excluding hydrogens is 470 g/mol. The summed E-state index contributed by atoms with van der Waals surface area (Å²) in [6, 6.07) is 13.7. The van der Waals surface area contributed by atoms with Gasteiger partial charge in [-0.2, -0.15) is 0 Å². The zero-order chi connectivity index (χ0) is 25.8. The Kier molecular flexibility index (Phi) is 7.05. The molecule has 0 saturated carbocycles. The molecule has 4 aromatic rings. The number of pyridine rings is 1. The summed E-state index contributed by atoms with van der Waals surface area (Å²) in [5.41, 5.74) is 5.02. The van der Waals surface area contributed by atoms with Crippen molar-refractivity contribution in [2.24, 2.45) is 5.92 Å². The second-order valence-electron chi connectivity index (χ2n) is 8.28. The van der Waals surface area contributed by atoms with E-state index >= 15 is 0 Å². The van der Waals surface area contributed by atoms with Crippen molar-refractivity contribution in [3.63, 3.8) is 0 Å². The number of nitrogens with zero attached hydrogens (tertiary/aromatic N) is 1. The normalized spacial score (nSPS) is 11.8. The molecule has 0 unspecified atom stereocenters. The average molecular weight is 492 g/mol. The largest absolute Gasteiger partial charge is 0.463 e. The molecule has 3 amide bonds. The van der Waals surface area contributed by atoms with E-state index < -0.39 is 46.9 Å². The number of benzene rings is 2. The van der Waals surface area contributed by atoms with Crippen LogP contribution in [0.4, 0.5) is 8.78 Å². The number of hydrogen-bond acceptors (Lipinski definition) is 5. The molecule has 4 rings (SSSR count). The number of fused-ring (bicyclic) bond motifs is 1. The molecule has 1 atom stereocenters. The fourth-order valence-corrected chi connectivity index (χ4v) is 3.64. The summed E-state index contributed by atoms with van der Waals surface area (Å²) < 4.78 is 33.4. The molecule has 184 valence electrons. The molecule has 0 saturated heterocycles. The maximum absolute atomic E-state index is 14.0. The highest BCUT2D eigenvalue weighted by molar-refractivity contribution is 6.07. The third-order valence-electron chi connectivity index (χ3n) is 5.46. The van der Waals surface area contributed by atoms with E-state index in [1.54, 1.807) is 50.2 Å². The highest BCUT2D eigenvalue weighted by Crippen LogP contribution is 2.25. The van der Waals surface area contributed by atoms with Crippen LogP contribution in [0.2, 0.25) is 0 Å². The lowest BCUT2D eigenvalue weighted by atomic mass is 10.0. The minimum absolute atomic E-state index is 0.228. The second kappa shape index (κ2) is 10.3. The van der Waals surface area contributed by atoms with Crippen LogP contribution < -0.4 is 16.2 Å². The van der Waals surface area contributed by atoms with Crippen LogP contribution in [-0.4, -0.2) is 28.7 Å². The Hall–Kier alpha value is -4.60. The number of hydrogen-bond donors (Lipinski definition) is 3. The predicted molar refractivity (Wildman–Crippen MR) is 128 cm³/mol. The molecule has 2 aromatic carbocycles. The number of carbonyl (C=O) groups excluding carboxylic acids is 3. The number of amides is 3. The summed E-state index contributed by atoms with van der Waals surface area (Å²) in [6.45, 7) is 3.27.